The van der Waals surface area contributed by atoms with E-state index in [0.29, 0.717) is 26.5 Å². The second kappa shape index (κ2) is 7.80. The molecule has 2 heterocycles. The highest BCUT2D eigenvalue weighted by molar-refractivity contribution is 7.19. The zero-order valence-electron chi connectivity index (χ0n) is 13.3. The number of ether oxygens (including phenoxy) is 1. The van der Waals surface area contributed by atoms with Crippen molar-refractivity contribution in [3.05, 3.63) is 57.0 Å². The Morgan fingerprint density at radius 1 is 1.31 bits per heavy atom. The van der Waals surface area contributed by atoms with Crippen molar-refractivity contribution < 1.29 is 14.5 Å². The van der Waals surface area contributed by atoms with Crippen molar-refractivity contribution in [3.63, 3.8) is 0 Å². The summed E-state index contributed by atoms with van der Waals surface area (Å²) < 4.78 is 5.08. The summed E-state index contributed by atoms with van der Waals surface area (Å²) in [5.74, 6) is 0.231. The highest BCUT2D eigenvalue weighted by Gasteiger charge is 2.11. The van der Waals surface area contributed by atoms with E-state index >= 15 is 0 Å². The number of aromatic nitrogens is 2. The first-order valence-electron chi connectivity index (χ1n) is 7.12. The highest BCUT2D eigenvalue weighted by atomic mass is 32.1. The SMILES string of the molecule is COc1cccc(C(=O)Nc2nnc(N=Cc3ccc([N+](=O)[O-])s3)s2)c1. The van der Waals surface area contributed by atoms with Gasteiger partial charge in [-0.3, -0.25) is 20.2 Å². The Kier molecular flexibility index (Phi) is 5.29. The topological polar surface area (TPSA) is 120 Å². The van der Waals surface area contributed by atoms with Crippen LogP contribution in [0.3, 0.4) is 0 Å². The Bertz CT molecular complexity index is 982. The van der Waals surface area contributed by atoms with E-state index in [1.165, 1.54) is 19.4 Å². The molecule has 1 amide bonds. The summed E-state index contributed by atoms with van der Waals surface area (Å²) >= 11 is 2.09. The van der Waals surface area contributed by atoms with E-state index in [2.05, 4.69) is 20.5 Å². The van der Waals surface area contributed by atoms with Crippen LogP contribution in [0.5, 0.6) is 5.75 Å². The average molecular weight is 389 g/mol. The molecule has 0 radical (unpaired) electrons. The Labute approximate surface area is 155 Å². The normalized spacial score (nSPS) is 10.8. The standard InChI is InChI=1S/C15H11N5O4S2/c1-24-10-4-2-3-9(7-10)13(21)17-15-19-18-14(26-15)16-8-11-5-6-12(25-11)20(22)23/h2-8H,1H3,(H,17,19,21). The second-order valence-corrected chi connectivity index (χ2v) is 6.82. The van der Waals surface area contributed by atoms with Crippen LogP contribution in [0.4, 0.5) is 15.3 Å². The fourth-order valence-corrected chi connectivity index (χ4v) is 3.16. The number of nitrogens with one attached hydrogen (secondary N) is 1. The number of aliphatic imine (C=N–C) groups is 1. The summed E-state index contributed by atoms with van der Waals surface area (Å²) in [7, 11) is 1.52. The van der Waals surface area contributed by atoms with E-state index in [4.69, 9.17) is 4.74 Å². The number of rotatable bonds is 6. The Balaban J connectivity index is 1.66. The van der Waals surface area contributed by atoms with E-state index < -0.39 is 4.92 Å². The summed E-state index contributed by atoms with van der Waals surface area (Å²) in [5.41, 5.74) is 0.426. The molecule has 0 bridgehead atoms. The molecule has 0 saturated heterocycles. The molecule has 0 spiro atoms. The third kappa shape index (κ3) is 4.26. The molecule has 26 heavy (non-hydrogen) atoms. The lowest BCUT2D eigenvalue weighted by Crippen LogP contribution is -2.11. The largest absolute Gasteiger partial charge is 0.497 e. The molecule has 0 aliphatic carbocycles. The van der Waals surface area contributed by atoms with E-state index in [1.54, 1.807) is 30.3 Å². The number of benzene rings is 1. The third-order valence-corrected chi connectivity index (χ3v) is 4.78. The number of hydrogen-bond acceptors (Lipinski definition) is 9. The van der Waals surface area contributed by atoms with Crippen molar-refractivity contribution in [1.29, 1.82) is 0 Å². The fourth-order valence-electron chi connectivity index (χ4n) is 1.88. The van der Waals surface area contributed by atoms with Crippen molar-refractivity contribution in [2.24, 2.45) is 4.99 Å². The van der Waals surface area contributed by atoms with Gasteiger partial charge in [-0.2, -0.15) is 0 Å². The van der Waals surface area contributed by atoms with E-state index in [-0.39, 0.29) is 10.9 Å². The first-order chi connectivity index (χ1) is 12.5. The Morgan fingerprint density at radius 2 is 2.15 bits per heavy atom. The van der Waals surface area contributed by atoms with Crippen LogP contribution in [0.2, 0.25) is 0 Å². The Hall–Kier alpha value is -3.18. The molecule has 132 valence electrons. The summed E-state index contributed by atoms with van der Waals surface area (Å²) in [4.78, 5) is 27.1. The lowest BCUT2D eigenvalue weighted by Gasteiger charge is -2.03. The maximum absolute atomic E-state index is 12.2. The number of nitro groups is 1. The van der Waals surface area contributed by atoms with Crippen molar-refractivity contribution >= 4 is 50.1 Å². The zero-order valence-corrected chi connectivity index (χ0v) is 14.9. The number of carbonyl (C=O) groups is 1. The summed E-state index contributed by atoms with van der Waals surface area (Å²) in [6, 6.07) is 9.72. The number of hydrogen-bond donors (Lipinski definition) is 1. The maximum atomic E-state index is 12.2. The van der Waals surface area contributed by atoms with Crippen molar-refractivity contribution in [2.45, 2.75) is 0 Å². The highest BCUT2D eigenvalue weighted by Crippen LogP contribution is 2.26. The quantitative estimate of drug-likeness (QED) is 0.391. The maximum Gasteiger partial charge on any atom is 0.324 e. The van der Waals surface area contributed by atoms with Gasteiger partial charge < -0.3 is 4.74 Å². The molecule has 3 rings (SSSR count). The molecule has 0 aliphatic rings. The van der Waals surface area contributed by atoms with Crippen molar-refractivity contribution in [2.75, 3.05) is 12.4 Å². The smallest absolute Gasteiger partial charge is 0.324 e. The van der Waals surface area contributed by atoms with Gasteiger partial charge in [-0.1, -0.05) is 28.7 Å². The predicted molar refractivity (Wildman–Crippen MR) is 99.1 cm³/mol. The minimum absolute atomic E-state index is 0.0370. The van der Waals surface area contributed by atoms with Gasteiger partial charge in [0, 0.05) is 17.8 Å². The molecule has 0 saturated carbocycles. The van der Waals surface area contributed by atoms with Gasteiger partial charge in [0.2, 0.25) is 10.3 Å². The molecule has 1 aromatic carbocycles. The van der Waals surface area contributed by atoms with Crippen molar-refractivity contribution in [1.82, 2.24) is 10.2 Å². The van der Waals surface area contributed by atoms with Crippen LogP contribution in [0.15, 0.2) is 41.4 Å². The summed E-state index contributed by atoms with van der Waals surface area (Å²) in [6.45, 7) is 0. The molecule has 9 nitrogen and oxygen atoms in total. The molecule has 3 aromatic rings. The fraction of sp³-hybridized carbons (Fsp3) is 0.0667. The number of anilines is 1. The first kappa shape index (κ1) is 17.6. The zero-order chi connectivity index (χ0) is 18.5. The molecule has 0 aliphatic heterocycles. The molecular formula is C15H11N5O4S2. The van der Waals surface area contributed by atoms with Crippen LogP contribution >= 0.6 is 22.7 Å². The van der Waals surface area contributed by atoms with Gasteiger partial charge in [0.05, 0.1) is 16.9 Å². The minimum atomic E-state index is -0.459. The third-order valence-electron chi connectivity index (χ3n) is 3.06. The average Bonchev–Trinajstić information content (AvgIpc) is 3.29. The molecule has 2 aromatic heterocycles. The van der Waals surface area contributed by atoms with E-state index in [1.807, 2.05) is 0 Å². The van der Waals surface area contributed by atoms with Crippen LogP contribution in [0, 0.1) is 10.1 Å². The summed E-state index contributed by atoms with van der Waals surface area (Å²) in [6.07, 6.45) is 1.46. The number of methoxy groups -OCH3 is 1. The first-order valence-corrected chi connectivity index (χ1v) is 8.75. The molecule has 0 atom stereocenters. The summed E-state index contributed by atoms with van der Waals surface area (Å²) in [5, 5.41) is 21.7. The predicted octanol–water partition coefficient (Wildman–Crippen LogP) is 3.52. The monoisotopic (exact) mass is 389 g/mol. The van der Waals surface area contributed by atoms with Crippen LogP contribution in [0.25, 0.3) is 0 Å². The van der Waals surface area contributed by atoms with Gasteiger partial charge in [-0.25, -0.2) is 4.99 Å². The van der Waals surface area contributed by atoms with E-state index in [0.717, 1.165) is 22.7 Å². The van der Waals surface area contributed by atoms with Crippen molar-refractivity contribution in [3.8, 4) is 5.75 Å². The molecule has 1 N–H and O–H groups in total. The number of carbonyl (C=O) groups excluding carboxylic acids is 1. The van der Waals surface area contributed by atoms with Crippen LogP contribution in [0.1, 0.15) is 15.2 Å². The number of amides is 1. The van der Waals surface area contributed by atoms with Crippen LogP contribution in [-0.4, -0.2) is 34.4 Å². The van der Waals surface area contributed by atoms with Gasteiger partial charge in [0.25, 0.3) is 5.91 Å². The van der Waals surface area contributed by atoms with Gasteiger partial charge in [-0.15, -0.1) is 10.2 Å². The van der Waals surface area contributed by atoms with Crippen LogP contribution < -0.4 is 10.1 Å². The lowest BCUT2D eigenvalue weighted by atomic mass is 10.2. The van der Waals surface area contributed by atoms with Gasteiger partial charge in [0.1, 0.15) is 5.75 Å². The Morgan fingerprint density at radius 3 is 2.88 bits per heavy atom. The second-order valence-electron chi connectivity index (χ2n) is 4.77. The lowest BCUT2D eigenvalue weighted by molar-refractivity contribution is -0.380. The molecule has 11 heteroatoms. The number of thiophene rings is 1. The van der Waals surface area contributed by atoms with E-state index in [9.17, 15) is 14.9 Å². The molecular weight excluding hydrogens is 378 g/mol. The van der Waals surface area contributed by atoms with Gasteiger partial charge in [0.15, 0.2) is 0 Å². The number of nitrogens with zero attached hydrogens (tertiary/aromatic N) is 4. The van der Waals surface area contributed by atoms with Gasteiger partial charge in [-0.05, 0) is 24.3 Å². The van der Waals surface area contributed by atoms with Gasteiger partial charge >= 0.3 is 5.00 Å². The minimum Gasteiger partial charge on any atom is -0.497 e. The molecule has 0 unspecified atom stereocenters. The molecule has 0 fully saturated rings. The van der Waals surface area contributed by atoms with Crippen LogP contribution in [-0.2, 0) is 0 Å².